The van der Waals surface area contributed by atoms with Crippen LogP contribution < -0.4 is 15.0 Å². The fourth-order valence-corrected chi connectivity index (χ4v) is 3.65. The zero-order chi connectivity index (χ0) is 21.3. The van der Waals surface area contributed by atoms with Gasteiger partial charge in [-0.05, 0) is 41.0 Å². The van der Waals surface area contributed by atoms with Gasteiger partial charge in [0, 0.05) is 5.56 Å². The van der Waals surface area contributed by atoms with Crippen LogP contribution in [0, 0.1) is 0 Å². The Morgan fingerprint density at radius 1 is 0.967 bits per heavy atom. The number of ether oxygens (including phenoxy) is 1. The molecular weight excluding hydrogens is 380 g/mol. The van der Waals surface area contributed by atoms with E-state index in [4.69, 9.17) is 4.74 Å². The van der Waals surface area contributed by atoms with Gasteiger partial charge in [-0.3, -0.25) is 14.9 Å². The average Bonchev–Trinajstić information content (AvgIpc) is 2.76. The number of fused-ring (bicyclic) bond motifs is 1. The van der Waals surface area contributed by atoms with E-state index in [-0.39, 0.29) is 5.57 Å². The molecule has 0 unspecified atom stereocenters. The molecule has 0 aromatic heterocycles. The molecule has 150 valence electrons. The lowest BCUT2D eigenvalue weighted by molar-refractivity contribution is -0.122. The highest BCUT2D eigenvalue weighted by molar-refractivity contribution is 6.39. The lowest BCUT2D eigenvalue weighted by Crippen LogP contribution is -2.54. The number of rotatable bonds is 4. The van der Waals surface area contributed by atoms with Crippen molar-refractivity contribution >= 4 is 40.4 Å². The van der Waals surface area contributed by atoms with Crippen LogP contribution in [0.4, 0.5) is 10.5 Å². The summed E-state index contributed by atoms with van der Waals surface area (Å²) in [4.78, 5) is 39.4. The Balaban J connectivity index is 1.88. The molecule has 0 aliphatic carbocycles. The lowest BCUT2D eigenvalue weighted by atomic mass is 9.99. The van der Waals surface area contributed by atoms with Gasteiger partial charge in [0.05, 0.1) is 12.8 Å². The van der Waals surface area contributed by atoms with Crippen molar-refractivity contribution in [2.24, 2.45) is 0 Å². The maximum atomic E-state index is 13.3. The van der Waals surface area contributed by atoms with Gasteiger partial charge in [0.2, 0.25) is 0 Å². The molecule has 0 bridgehead atoms. The molecule has 1 N–H and O–H groups in total. The number of aryl methyl sites for hydroxylation is 1. The Kier molecular flexibility index (Phi) is 5.06. The van der Waals surface area contributed by atoms with E-state index in [2.05, 4.69) is 5.32 Å². The number of methoxy groups -OCH3 is 1. The summed E-state index contributed by atoms with van der Waals surface area (Å²) in [6.07, 6.45) is 2.13. The van der Waals surface area contributed by atoms with E-state index < -0.39 is 17.8 Å². The van der Waals surface area contributed by atoms with Crippen molar-refractivity contribution in [3.05, 3.63) is 77.4 Å². The maximum absolute atomic E-state index is 13.3. The summed E-state index contributed by atoms with van der Waals surface area (Å²) in [5.74, 6) is -0.871. The van der Waals surface area contributed by atoms with Crippen molar-refractivity contribution < 1.29 is 19.1 Å². The van der Waals surface area contributed by atoms with Crippen LogP contribution in [-0.2, 0) is 16.0 Å². The number of hydrogen-bond acceptors (Lipinski definition) is 4. The van der Waals surface area contributed by atoms with Crippen LogP contribution in [0.5, 0.6) is 5.75 Å². The quantitative estimate of drug-likeness (QED) is 0.529. The minimum Gasteiger partial charge on any atom is -0.496 e. The summed E-state index contributed by atoms with van der Waals surface area (Å²) in [6, 6.07) is 17.7. The van der Waals surface area contributed by atoms with Gasteiger partial charge in [-0.25, -0.2) is 9.69 Å². The summed E-state index contributed by atoms with van der Waals surface area (Å²) in [7, 11) is 1.53. The number of benzene rings is 3. The second-order valence-corrected chi connectivity index (χ2v) is 6.84. The van der Waals surface area contributed by atoms with Gasteiger partial charge in [-0.2, -0.15) is 0 Å². The van der Waals surface area contributed by atoms with Crippen molar-refractivity contribution in [1.29, 1.82) is 0 Å². The molecule has 4 rings (SSSR count). The largest absolute Gasteiger partial charge is 0.496 e. The number of carbonyl (C=O) groups excluding carboxylic acids is 3. The number of hydrogen-bond donors (Lipinski definition) is 1. The number of imide groups is 2. The van der Waals surface area contributed by atoms with E-state index in [0.717, 1.165) is 21.2 Å². The first-order valence-electron chi connectivity index (χ1n) is 9.60. The maximum Gasteiger partial charge on any atom is 0.335 e. The first kappa shape index (κ1) is 19.4. The average molecular weight is 400 g/mol. The monoisotopic (exact) mass is 400 g/mol. The van der Waals surface area contributed by atoms with Gasteiger partial charge in [0.15, 0.2) is 0 Å². The molecule has 0 saturated carbocycles. The van der Waals surface area contributed by atoms with Crippen LogP contribution in [0.15, 0.2) is 66.2 Å². The Labute approximate surface area is 173 Å². The zero-order valence-corrected chi connectivity index (χ0v) is 16.6. The Hall–Kier alpha value is -3.93. The van der Waals surface area contributed by atoms with E-state index in [0.29, 0.717) is 23.4 Å². The van der Waals surface area contributed by atoms with E-state index in [1.54, 1.807) is 18.2 Å². The molecule has 4 amide bonds. The number of urea groups is 1. The third kappa shape index (κ3) is 3.22. The second-order valence-electron chi connectivity index (χ2n) is 6.84. The second kappa shape index (κ2) is 7.83. The molecule has 1 fully saturated rings. The van der Waals surface area contributed by atoms with Crippen LogP contribution in [0.3, 0.4) is 0 Å². The lowest BCUT2D eigenvalue weighted by Gasteiger charge is -2.28. The molecule has 1 aliphatic heterocycles. The van der Waals surface area contributed by atoms with Crippen molar-refractivity contribution in [2.75, 3.05) is 12.0 Å². The summed E-state index contributed by atoms with van der Waals surface area (Å²) in [6.45, 7) is 1.94. The van der Waals surface area contributed by atoms with Crippen LogP contribution >= 0.6 is 0 Å². The van der Waals surface area contributed by atoms with Crippen molar-refractivity contribution in [3.8, 4) is 5.75 Å². The summed E-state index contributed by atoms with van der Waals surface area (Å²) in [5, 5.41) is 4.06. The molecule has 1 saturated heterocycles. The smallest absolute Gasteiger partial charge is 0.335 e. The fourth-order valence-electron chi connectivity index (χ4n) is 3.65. The number of para-hydroxylation sites is 1. The van der Waals surface area contributed by atoms with Gasteiger partial charge in [0.25, 0.3) is 11.8 Å². The highest BCUT2D eigenvalue weighted by atomic mass is 16.5. The van der Waals surface area contributed by atoms with Crippen molar-refractivity contribution in [1.82, 2.24) is 5.32 Å². The molecular formula is C24H20N2O4. The number of nitrogens with zero attached hydrogens (tertiary/aromatic N) is 1. The molecule has 30 heavy (non-hydrogen) atoms. The topological polar surface area (TPSA) is 75.7 Å². The number of anilines is 1. The first-order valence-corrected chi connectivity index (χ1v) is 9.60. The zero-order valence-electron chi connectivity index (χ0n) is 16.6. The fraction of sp³-hybridized carbons (Fsp3) is 0.125. The predicted octanol–water partition coefficient (Wildman–Crippen LogP) is 4.08. The number of barbiturate groups is 1. The Bertz CT molecular complexity index is 1210. The third-order valence-corrected chi connectivity index (χ3v) is 5.15. The predicted molar refractivity (Wildman–Crippen MR) is 115 cm³/mol. The molecule has 0 radical (unpaired) electrons. The minimum atomic E-state index is -0.757. The van der Waals surface area contributed by atoms with Gasteiger partial charge >= 0.3 is 6.03 Å². The van der Waals surface area contributed by atoms with Gasteiger partial charge in [-0.1, -0.05) is 55.5 Å². The van der Waals surface area contributed by atoms with E-state index >= 15 is 0 Å². The molecule has 6 nitrogen and oxygen atoms in total. The van der Waals surface area contributed by atoms with Gasteiger partial charge < -0.3 is 4.74 Å². The molecule has 1 heterocycles. The molecule has 1 aliphatic rings. The minimum absolute atomic E-state index is 0.129. The summed E-state index contributed by atoms with van der Waals surface area (Å²) >= 11 is 0. The summed E-state index contributed by atoms with van der Waals surface area (Å²) < 4.78 is 5.47. The van der Waals surface area contributed by atoms with Crippen LogP contribution in [-0.4, -0.2) is 25.0 Å². The molecule has 3 aromatic carbocycles. The normalized spacial score (nSPS) is 15.6. The van der Waals surface area contributed by atoms with Crippen LogP contribution in [0.2, 0.25) is 0 Å². The SMILES string of the molecule is CCc1ccccc1N1C(=O)NC(=O)/C(=C/c2c(OC)ccc3ccccc23)C1=O. The highest BCUT2D eigenvalue weighted by Crippen LogP contribution is 2.32. The van der Waals surface area contributed by atoms with Gasteiger partial charge in [-0.15, -0.1) is 0 Å². The highest BCUT2D eigenvalue weighted by Gasteiger charge is 2.37. The standard InChI is InChI=1S/C24H20N2O4/c1-3-15-8-5-7-11-20(15)26-23(28)19(22(27)25-24(26)29)14-18-17-10-6-4-9-16(17)12-13-21(18)30-2/h4-14H,3H2,1-2H3,(H,25,27,29)/b19-14-. The number of nitrogens with one attached hydrogen (secondary N) is 1. The van der Waals surface area contributed by atoms with E-state index in [1.807, 2.05) is 49.4 Å². The number of carbonyl (C=O) groups is 3. The van der Waals surface area contributed by atoms with Crippen LogP contribution in [0.1, 0.15) is 18.1 Å². The van der Waals surface area contributed by atoms with Crippen molar-refractivity contribution in [3.63, 3.8) is 0 Å². The molecule has 6 heteroatoms. The number of amides is 4. The first-order chi connectivity index (χ1) is 14.5. The summed E-state index contributed by atoms with van der Waals surface area (Å²) in [5.41, 5.74) is 1.77. The Morgan fingerprint density at radius 3 is 2.47 bits per heavy atom. The third-order valence-electron chi connectivity index (χ3n) is 5.15. The van der Waals surface area contributed by atoms with E-state index in [9.17, 15) is 14.4 Å². The van der Waals surface area contributed by atoms with Crippen LogP contribution in [0.25, 0.3) is 16.8 Å². The Morgan fingerprint density at radius 2 is 1.70 bits per heavy atom. The molecule has 0 atom stereocenters. The van der Waals surface area contributed by atoms with Gasteiger partial charge in [0.1, 0.15) is 11.3 Å². The van der Waals surface area contributed by atoms with E-state index in [1.165, 1.54) is 13.2 Å². The molecule has 3 aromatic rings. The van der Waals surface area contributed by atoms with Crippen molar-refractivity contribution in [2.45, 2.75) is 13.3 Å². The molecule has 0 spiro atoms.